The monoisotopic (exact) mass is 257 g/mol. The second-order valence-electron chi connectivity index (χ2n) is 5.89. The maximum absolute atomic E-state index is 5.64. The molecule has 1 aromatic carbocycles. The van der Waals surface area contributed by atoms with Gasteiger partial charge in [0.1, 0.15) is 0 Å². The molecule has 1 N–H and O–H groups in total. The fourth-order valence-electron chi connectivity index (χ4n) is 2.30. The molecular weight excluding hydrogens is 238 g/mol. The Balaban J connectivity index is 1.54. The van der Waals surface area contributed by atoms with Crippen molar-refractivity contribution in [1.82, 2.24) is 15.5 Å². The van der Waals surface area contributed by atoms with Crippen molar-refractivity contribution in [2.45, 2.75) is 26.8 Å². The average Bonchev–Trinajstić information content (AvgIpc) is 2.83. The second-order valence-corrected chi connectivity index (χ2v) is 5.89. The Hall–Kier alpha value is -1.68. The minimum atomic E-state index is 0.511. The highest BCUT2D eigenvalue weighted by Crippen LogP contribution is 2.50. The van der Waals surface area contributed by atoms with Gasteiger partial charge in [-0.15, -0.1) is 10.2 Å². The standard InChI is InChI=1S/C15H19N3O/c1-15(2)8-12(15)9-16-10-13-17-18-14(19-13)11-6-4-3-5-7-11/h3-7,12,16H,8-10H2,1-2H3. The summed E-state index contributed by atoms with van der Waals surface area (Å²) >= 11 is 0. The third kappa shape index (κ3) is 2.84. The van der Waals surface area contributed by atoms with Crippen LogP contribution in [0.25, 0.3) is 11.5 Å². The minimum Gasteiger partial charge on any atom is -0.419 e. The highest BCUT2D eigenvalue weighted by molar-refractivity contribution is 5.51. The van der Waals surface area contributed by atoms with Crippen molar-refractivity contribution in [1.29, 1.82) is 0 Å². The highest BCUT2D eigenvalue weighted by atomic mass is 16.4. The van der Waals surface area contributed by atoms with Gasteiger partial charge in [0.2, 0.25) is 11.8 Å². The largest absolute Gasteiger partial charge is 0.419 e. The summed E-state index contributed by atoms with van der Waals surface area (Å²) in [6.07, 6.45) is 1.30. The number of rotatable bonds is 5. The summed E-state index contributed by atoms with van der Waals surface area (Å²) in [7, 11) is 0. The summed E-state index contributed by atoms with van der Waals surface area (Å²) in [6, 6.07) is 9.84. The number of nitrogens with zero attached hydrogens (tertiary/aromatic N) is 2. The van der Waals surface area contributed by atoms with Crippen molar-refractivity contribution in [3.8, 4) is 11.5 Å². The number of nitrogens with one attached hydrogen (secondary N) is 1. The zero-order chi connectivity index (χ0) is 13.3. The lowest BCUT2D eigenvalue weighted by Gasteiger charge is -2.03. The van der Waals surface area contributed by atoms with Crippen LogP contribution in [0, 0.1) is 11.3 Å². The molecule has 1 aromatic heterocycles. The lowest BCUT2D eigenvalue weighted by molar-refractivity contribution is 0.457. The lowest BCUT2D eigenvalue weighted by atomic mass is 10.1. The predicted octanol–water partition coefficient (Wildman–Crippen LogP) is 2.87. The van der Waals surface area contributed by atoms with Gasteiger partial charge in [-0.2, -0.15) is 0 Å². The summed E-state index contributed by atoms with van der Waals surface area (Å²) in [5, 5.41) is 11.5. The molecule has 4 heteroatoms. The van der Waals surface area contributed by atoms with Gasteiger partial charge < -0.3 is 9.73 Å². The average molecular weight is 257 g/mol. The molecule has 2 aromatic rings. The van der Waals surface area contributed by atoms with Crippen LogP contribution >= 0.6 is 0 Å². The predicted molar refractivity (Wildman–Crippen MR) is 73.3 cm³/mol. The first-order valence-corrected chi connectivity index (χ1v) is 6.74. The minimum absolute atomic E-state index is 0.511. The van der Waals surface area contributed by atoms with Gasteiger partial charge in [0, 0.05) is 5.56 Å². The number of hydrogen-bond donors (Lipinski definition) is 1. The number of aromatic nitrogens is 2. The molecule has 1 saturated carbocycles. The molecule has 100 valence electrons. The molecule has 1 aliphatic carbocycles. The van der Waals surface area contributed by atoms with E-state index in [1.807, 2.05) is 30.3 Å². The van der Waals surface area contributed by atoms with Crippen LogP contribution in [0.2, 0.25) is 0 Å². The van der Waals surface area contributed by atoms with Gasteiger partial charge in [-0.1, -0.05) is 32.0 Å². The Morgan fingerprint density at radius 1 is 1.26 bits per heavy atom. The molecule has 1 atom stereocenters. The van der Waals surface area contributed by atoms with Crippen LogP contribution < -0.4 is 5.32 Å². The molecule has 1 unspecified atom stereocenters. The summed E-state index contributed by atoms with van der Waals surface area (Å²) in [6.45, 7) is 6.28. The molecule has 0 bridgehead atoms. The maximum Gasteiger partial charge on any atom is 0.247 e. The molecular formula is C15H19N3O. The van der Waals surface area contributed by atoms with Gasteiger partial charge in [0.25, 0.3) is 0 Å². The molecule has 0 aliphatic heterocycles. The van der Waals surface area contributed by atoms with Crippen LogP contribution in [0.5, 0.6) is 0 Å². The van der Waals surface area contributed by atoms with E-state index in [4.69, 9.17) is 4.42 Å². The lowest BCUT2D eigenvalue weighted by Crippen LogP contribution is -2.18. The first-order chi connectivity index (χ1) is 9.15. The third-order valence-electron chi connectivity index (χ3n) is 3.87. The van der Waals surface area contributed by atoms with E-state index in [1.54, 1.807) is 0 Å². The van der Waals surface area contributed by atoms with Gasteiger partial charge in [-0.3, -0.25) is 0 Å². The van der Waals surface area contributed by atoms with Crippen LogP contribution in [0.15, 0.2) is 34.7 Å². The summed E-state index contributed by atoms with van der Waals surface area (Å²) in [5.74, 6) is 2.02. The molecule has 1 heterocycles. The Kier molecular flexibility index (Phi) is 3.11. The van der Waals surface area contributed by atoms with Crippen LogP contribution in [0.4, 0.5) is 0 Å². The van der Waals surface area contributed by atoms with Gasteiger partial charge in [0.15, 0.2) is 0 Å². The molecule has 0 spiro atoms. The summed E-state index contributed by atoms with van der Waals surface area (Å²) in [4.78, 5) is 0. The van der Waals surface area contributed by atoms with Crippen molar-refractivity contribution in [2.24, 2.45) is 11.3 Å². The molecule has 3 rings (SSSR count). The first kappa shape index (κ1) is 12.4. The number of hydrogen-bond acceptors (Lipinski definition) is 4. The summed E-state index contributed by atoms with van der Waals surface area (Å²) in [5.41, 5.74) is 1.47. The van der Waals surface area contributed by atoms with Gasteiger partial charge in [0.05, 0.1) is 6.54 Å². The Labute approximate surface area is 113 Å². The van der Waals surface area contributed by atoms with Crippen molar-refractivity contribution in [3.05, 3.63) is 36.2 Å². The van der Waals surface area contributed by atoms with E-state index in [2.05, 4.69) is 29.4 Å². The molecule has 1 aliphatic rings. The second kappa shape index (κ2) is 4.78. The zero-order valence-corrected chi connectivity index (χ0v) is 11.4. The van der Waals surface area contributed by atoms with E-state index in [-0.39, 0.29) is 0 Å². The fourth-order valence-corrected chi connectivity index (χ4v) is 2.30. The topological polar surface area (TPSA) is 51.0 Å². The Morgan fingerprint density at radius 2 is 2.00 bits per heavy atom. The van der Waals surface area contributed by atoms with Gasteiger partial charge in [-0.25, -0.2) is 0 Å². The Morgan fingerprint density at radius 3 is 2.68 bits per heavy atom. The molecule has 4 nitrogen and oxygen atoms in total. The maximum atomic E-state index is 5.64. The van der Waals surface area contributed by atoms with Crippen molar-refractivity contribution >= 4 is 0 Å². The molecule has 0 amide bonds. The molecule has 0 radical (unpaired) electrons. The van der Waals surface area contributed by atoms with Crippen LogP contribution in [-0.2, 0) is 6.54 Å². The van der Waals surface area contributed by atoms with Crippen molar-refractivity contribution in [2.75, 3.05) is 6.54 Å². The van der Waals surface area contributed by atoms with Crippen molar-refractivity contribution < 1.29 is 4.42 Å². The molecule has 19 heavy (non-hydrogen) atoms. The normalized spacial score (nSPS) is 20.4. The highest BCUT2D eigenvalue weighted by Gasteiger charge is 2.44. The Bertz CT molecular complexity index is 548. The fraction of sp³-hybridized carbons (Fsp3) is 0.467. The quantitative estimate of drug-likeness (QED) is 0.894. The van der Waals surface area contributed by atoms with Crippen molar-refractivity contribution in [3.63, 3.8) is 0 Å². The van der Waals surface area contributed by atoms with Gasteiger partial charge >= 0.3 is 0 Å². The van der Waals surface area contributed by atoms with Gasteiger partial charge in [-0.05, 0) is 36.4 Å². The van der Waals surface area contributed by atoms with E-state index >= 15 is 0 Å². The van der Waals surface area contributed by atoms with E-state index < -0.39 is 0 Å². The zero-order valence-electron chi connectivity index (χ0n) is 11.4. The van der Waals surface area contributed by atoms with Crippen LogP contribution in [-0.4, -0.2) is 16.7 Å². The summed E-state index contributed by atoms with van der Waals surface area (Å²) < 4.78 is 5.64. The van der Waals surface area contributed by atoms with E-state index in [0.29, 0.717) is 23.7 Å². The van der Waals surface area contributed by atoms with E-state index in [9.17, 15) is 0 Å². The molecule has 0 saturated heterocycles. The SMILES string of the molecule is CC1(C)CC1CNCc1nnc(-c2ccccc2)o1. The number of benzene rings is 1. The first-order valence-electron chi connectivity index (χ1n) is 6.74. The van der Waals surface area contributed by atoms with Crippen LogP contribution in [0.1, 0.15) is 26.2 Å². The van der Waals surface area contributed by atoms with E-state index in [0.717, 1.165) is 18.0 Å². The smallest absolute Gasteiger partial charge is 0.247 e. The third-order valence-corrected chi connectivity index (χ3v) is 3.87. The molecule has 1 fully saturated rings. The van der Waals surface area contributed by atoms with Crippen LogP contribution in [0.3, 0.4) is 0 Å². The van der Waals surface area contributed by atoms with E-state index in [1.165, 1.54) is 6.42 Å².